The van der Waals surface area contributed by atoms with Gasteiger partial charge in [-0.1, -0.05) is 11.6 Å². The van der Waals surface area contributed by atoms with Crippen molar-refractivity contribution in [3.05, 3.63) is 22.8 Å². The summed E-state index contributed by atoms with van der Waals surface area (Å²) < 4.78 is 5.56. The maximum atomic E-state index is 9.85. The van der Waals surface area contributed by atoms with Crippen LogP contribution in [0, 0.1) is 11.3 Å². The van der Waals surface area contributed by atoms with Crippen LogP contribution in [-0.2, 0) is 4.74 Å². The molecule has 0 bridgehead atoms. The maximum Gasteiger partial charge on any atom is 0.147 e. The number of halogens is 1. The molecule has 1 aromatic rings. The van der Waals surface area contributed by atoms with Crippen LogP contribution in [0.4, 0.5) is 5.82 Å². The first-order chi connectivity index (χ1) is 10.2. The van der Waals surface area contributed by atoms with E-state index in [0.29, 0.717) is 36.2 Å². The molecule has 7 heteroatoms. The zero-order valence-electron chi connectivity index (χ0n) is 11.6. The average Bonchev–Trinajstić information content (AvgIpc) is 2.54. The number of hydrogen-bond acceptors (Lipinski definition) is 6. The number of aliphatic hydroxyl groups is 1. The van der Waals surface area contributed by atoms with Crippen molar-refractivity contribution in [2.75, 3.05) is 50.9 Å². The third-order valence-corrected chi connectivity index (χ3v) is 4.49. The van der Waals surface area contributed by atoms with E-state index in [-0.39, 0.29) is 6.61 Å². The summed E-state index contributed by atoms with van der Waals surface area (Å²) in [6, 6.07) is 3.65. The van der Waals surface area contributed by atoms with Gasteiger partial charge in [0.15, 0.2) is 0 Å². The highest BCUT2D eigenvalue weighted by atomic mass is 35.5. The van der Waals surface area contributed by atoms with Crippen LogP contribution in [0.2, 0.25) is 5.02 Å². The summed E-state index contributed by atoms with van der Waals surface area (Å²) in [6.07, 6.45) is 1.52. The topological polar surface area (TPSA) is 72.6 Å². The number of hydrogen-bond donors (Lipinski definition) is 1. The van der Waals surface area contributed by atoms with Crippen molar-refractivity contribution in [1.29, 1.82) is 5.26 Å². The molecule has 1 unspecified atom stereocenters. The van der Waals surface area contributed by atoms with E-state index in [1.165, 1.54) is 6.20 Å². The Morgan fingerprint density at radius 2 is 2.33 bits per heavy atom. The molecule has 0 radical (unpaired) electrons. The molecule has 2 fully saturated rings. The molecule has 0 aromatic carbocycles. The van der Waals surface area contributed by atoms with Crippen molar-refractivity contribution in [3.63, 3.8) is 0 Å². The fraction of sp³-hybridized carbons (Fsp3) is 0.571. The number of nitrogens with zero attached hydrogens (tertiary/aromatic N) is 4. The molecule has 1 N–H and O–H groups in total. The second-order valence-corrected chi connectivity index (χ2v) is 5.89. The number of rotatable bonds is 2. The third kappa shape index (κ3) is 2.58. The summed E-state index contributed by atoms with van der Waals surface area (Å²) in [6.45, 7) is 4.33. The van der Waals surface area contributed by atoms with E-state index in [1.807, 2.05) is 6.07 Å². The van der Waals surface area contributed by atoms with Gasteiger partial charge in [0.05, 0.1) is 35.9 Å². The number of ether oxygens (including phenoxy) is 1. The molecule has 3 rings (SSSR count). The predicted molar refractivity (Wildman–Crippen MR) is 78.4 cm³/mol. The normalized spacial score (nSPS) is 26.2. The highest BCUT2D eigenvalue weighted by Crippen LogP contribution is 2.31. The molecule has 1 atom stereocenters. The average molecular weight is 309 g/mol. The Balaban J connectivity index is 1.86. The highest BCUT2D eigenvalue weighted by molar-refractivity contribution is 6.33. The molecular formula is C14H17ClN4O2. The molecule has 2 aliphatic heterocycles. The Labute approximate surface area is 128 Å². The molecule has 2 saturated heterocycles. The summed E-state index contributed by atoms with van der Waals surface area (Å²) in [4.78, 5) is 8.65. The molecule has 0 saturated carbocycles. The van der Waals surface area contributed by atoms with Gasteiger partial charge in [0, 0.05) is 32.4 Å². The van der Waals surface area contributed by atoms with Crippen LogP contribution in [-0.4, -0.2) is 66.5 Å². The van der Waals surface area contributed by atoms with Crippen molar-refractivity contribution in [2.45, 2.75) is 5.54 Å². The van der Waals surface area contributed by atoms with Gasteiger partial charge in [-0.15, -0.1) is 0 Å². The summed E-state index contributed by atoms with van der Waals surface area (Å²) in [5.74, 6) is 0.661. The third-order valence-electron chi connectivity index (χ3n) is 4.22. The quantitative estimate of drug-likeness (QED) is 0.857. The Morgan fingerprint density at radius 3 is 3.05 bits per heavy atom. The van der Waals surface area contributed by atoms with Crippen molar-refractivity contribution in [2.24, 2.45) is 0 Å². The molecule has 6 nitrogen and oxygen atoms in total. The van der Waals surface area contributed by atoms with Crippen molar-refractivity contribution >= 4 is 17.4 Å². The lowest BCUT2D eigenvalue weighted by Gasteiger charge is -2.52. The minimum Gasteiger partial charge on any atom is -0.394 e. The van der Waals surface area contributed by atoms with Crippen LogP contribution in [0.15, 0.2) is 12.3 Å². The molecule has 3 heterocycles. The SMILES string of the molecule is N#Cc1cnc(N2CCN3CCOCC3(CO)C2)c(Cl)c1. The van der Waals surface area contributed by atoms with Crippen molar-refractivity contribution in [1.82, 2.24) is 9.88 Å². The number of aliphatic hydroxyl groups excluding tert-OH is 1. The van der Waals surface area contributed by atoms with Crippen molar-refractivity contribution < 1.29 is 9.84 Å². The number of aromatic nitrogens is 1. The largest absolute Gasteiger partial charge is 0.394 e. The van der Waals surface area contributed by atoms with Gasteiger partial charge in [-0.25, -0.2) is 4.98 Å². The minimum atomic E-state index is -0.393. The van der Waals surface area contributed by atoms with E-state index < -0.39 is 5.54 Å². The lowest BCUT2D eigenvalue weighted by Crippen LogP contribution is -2.69. The summed E-state index contributed by atoms with van der Waals surface area (Å²) in [5.41, 5.74) is 0.0512. The van der Waals surface area contributed by atoms with Crippen LogP contribution in [0.3, 0.4) is 0 Å². The molecular weight excluding hydrogens is 292 g/mol. The lowest BCUT2D eigenvalue weighted by molar-refractivity contribution is -0.0951. The fourth-order valence-corrected chi connectivity index (χ4v) is 3.32. The second-order valence-electron chi connectivity index (χ2n) is 5.48. The highest BCUT2D eigenvalue weighted by Gasteiger charge is 2.44. The molecule has 0 aliphatic carbocycles. The first kappa shape index (κ1) is 14.5. The van der Waals surface area contributed by atoms with Crippen LogP contribution in [0.5, 0.6) is 0 Å². The zero-order chi connectivity index (χ0) is 14.9. The van der Waals surface area contributed by atoms with E-state index in [9.17, 15) is 5.11 Å². The smallest absolute Gasteiger partial charge is 0.147 e. The van der Waals surface area contributed by atoms with Gasteiger partial charge in [-0.2, -0.15) is 5.26 Å². The molecule has 0 amide bonds. The Bertz CT molecular complexity index is 577. The summed E-state index contributed by atoms with van der Waals surface area (Å²) in [5, 5.41) is 19.2. The molecule has 0 spiro atoms. The minimum absolute atomic E-state index is 0.0391. The zero-order valence-corrected chi connectivity index (χ0v) is 12.4. The number of nitriles is 1. The van der Waals surface area contributed by atoms with Gasteiger partial charge < -0.3 is 14.7 Å². The monoisotopic (exact) mass is 308 g/mol. The number of piperazine rings is 1. The number of pyridine rings is 1. The van der Waals surface area contributed by atoms with Gasteiger partial charge in [-0.3, -0.25) is 4.90 Å². The number of morpholine rings is 1. The lowest BCUT2D eigenvalue weighted by atomic mass is 9.94. The van der Waals surface area contributed by atoms with Crippen LogP contribution < -0.4 is 4.90 Å². The van der Waals surface area contributed by atoms with Gasteiger partial charge in [-0.05, 0) is 6.07 Å². The van der Waals surface area contributed by atoms with Gasteiger partial charge in [0.1, 0.15) is 11.9 Å². The van der Waals surface area contributed by atoms with E-state index in [0.717, 1.165) is 19.6 Å². The van der Waals surface area contributed by atoms with Crippen LogP contribution in [0.1, 0.15) is 5.56 Å². The van der Waals surface area contributed by atoms with E-state index in [1.54, 1.807) is 6.07 Å². The van der Waals surface area contributed by atoms with Crippen LogP contribution >= 0.6 is 11.6 Å². The van der Waals surface area contributed by atoms with Crippen molar-refractivity contribution in [3.8, 4) is 6.07 Å². The standard InChI is InChI=1S/C14H17ClN4O2/c15-12-5-11(6-16)7-17-13(12)18-1-2-19-3-4-21-10-14(19,8-18)9-20/h5,7,20H,1-4,8-10H2. The molecule has 2 aliphatic rings. The molecule has 112 valence electrons. The molecule has 1 aromatic heterocycles. The van der Waals surface area contributed by atoms with Gasteiger partial charge in [0.25, 0.3) is 0 Å². The first-order valence-electron chi connectivity index (χ1n) is 6.93. The Kier molecular flexibility index (Phi) is 4.00. The van der Waals surface area contributed by atoms with E-state index in [4.69, 9.17) is 21.6 Å². The van der Waals surface area contributed by atoms with Gasteiger partial charge in [0.2, 0.25) is 0 Å². The first-order valence-corrected chi connectivity index (χ1v) is 7.30. The summed E-state index contributed by atoms with van der Waals surface area (Å²) >= 11 is 6.24. The van der Waals surface area contributed by atoms with E-state index >= 15 is 0 Å². The van der Waals surface area contributed by atoms with Gasteiger partial charge >= 0.3 is 0 Å². The maximum absolute atomic E-state index is 9.85. The predicted octanol–water partition coefficient (Wildman–Crippen LogP) is 0.490. The number of anilines is 1. The van der Waals surface area contributed by atoms with E-state index in [2.05, 4.69) is 14.8 Å². The molecule has 21 heavy (non-hydrogen) atoms. The van der Waals surface area contributed by atoms with Crippen LogP contribution in [0.25, 0.3) is 0 Å². The number of fused-ring (bicyclic) bond motifs is 1. The Hall–Kier alpha value is -1.39. The fourth-order valence-electron chi connectivity index (χ4n) is 3.04. The Morgan fingerprint density at radius 1 is 1.48 bits per heavy atom. The second kappa shape index (κ2) is 5.78. The summed E-state index contributed by atoms with van der Waals surface area (Å²) in [7, 11) is 0.